The van der Waals surface area contributed by atoms with Gasteiger partial charge < -0.3 is 5.32 Å². The van der Waals surface area contributed by atoms with Gasteiger partial charge in [-0.1, -0.05) is 15.9 Å². The van der Waals surface area contributed by atoms with Gasteiger partial charge in [-0.15, -0.1) is 11.8 Å². The minimum Gasteiger partial charge on any atom is -0.317 e. The summed E-state index contributed by atoms with van der Waals surface area (Å²) in [5.74, 6) is 2.16. The van der Waals surface area contributed by atoms with Crippen LogP contribution in [-0.4, -0.2) is 18.8 Å². The first-order valence-corrected chi connectivity index (χ1v) is 7.71. The zero-order chi connectivity index (χ0) is 11.2. The monoisotopic (exact) mass is 299 g/mol. The number of halogens is 1. The summed E-state index contributed by atoms with van der Waals surface area (Å²) in [6.07, 6.45) is 4.06. The fraction of sp³-hybridized carbons (Fsp3) is 0.538. The van der Waals surface area contributed by atoms with Gasteiger partial charge in [0.25, 0.3) is 0 Å². The van der Waals surface area contributed by atoms with Gasteiger partial charge >= 0.3 is 0 Å². The Kier molecular flexibility index (Phi) is 5.20. The third-order valence-electron chi connectivity index (χ3n) is 2.99. The molecule has 0 aromatic heterocycles. The molecule has 0 bridgehead atoms. The minimum absolute atomic E-state index is 0.892. The van der Waals surface area contributed by atoms with Gasteiger partial charge in [-0.05, 0) is 62.5 Å². The van der Waals surface area contributed by atoms with Crippen LogP contribution in [0.25, 0.3) is 0 Å². The van der Waals surface area contributed by atoms with E-state index in [4.69, 9.17) is 0 Å². The Bertz CT molecular complexity index is 304. The van der Waals surface area contributed by atoms with Crippen LogP contribution in [0.3, 0.4) is 0 Å². The third-order valence-corrected chi connectivity index (χ3v) is 4.77. The first kappa shape index (κ1) is 12.5. The first-order valence-electron chi connectivity index (χ1n) is 5.94. The maximum absolute atomic E-state index is 3.47. The highest BCUT2D eigenvalue weighted by Crippen LogP contribution is 2.26. The Morgan fingerprint density at radius 1 is 1.19 bits per heavy atom. The lowest BCUT2D eigenvalue weighted by Gasteiger charge is -2.12. The second-order valence-corrected chi connectivity index (χ2v) is 6.32. The smallest absolute Gasteiger partial charge is 0.0176 e. The highest BCUT2D eigenvalue weighted by atomic mass is 79.9. The van der Waals surface area contributed by atoms with E-state index < -0.39 is 0 Å². The Labute approximate surface area is 111 Å². The van der Waals surface area contributed by atoms with Crippen LogP contribution in [0.1, 0.15) is 19.3 Å². The van der Waals surface area contributed by atoms with E-state index >= 15 is 0 Å². The van der Waals surface area contributed by atoms with Gasteiger partial charge in [0.2, 0.25) is 0 Å². The fourth-order valence-corrected chi connectivity index (χ4v) is 3.36. The molecule has 0 amide bonds. The second kappa shape index (κ2) is 6.67. The summed E-state index contributed by atoms with van der Waals surface area (Å²) in [6, 6.07) is 8.64. The van der Waals surface area contributed by atoms with Crippen LogP contribution >= 0.6 is 27.7 Å². The molecule has 2 rings (SSSR count). The van der Waals surface area contributed by atoms with E-state index in [-0.39, 0.29) is 0 Å². The molecule has 1 N–H and O–H groups in total. The Hall–Kier alpha value is 0.01000. The second-order valence-electron chi connectivity index (χ2n) is 4.31. The summed E-state index contributed by atoms with van der Waals surface area (Å²) in [5, 5.41) is 3.47. The molecule has 1 atom stereocenters. The summed E-state index contributed by atoms with van der Waals surface area (Å²) in [4.78, 5) is 1.39. The van der Waals surface area contributed by atoms with Crippen molar-refractivity contribution in [3.63, 3.8) is 0 Å². The Balaban J connectivity index is 1.79. The van der Waals surface area contributed by atoms with Crippen LogP contribution in [0.4, 0.5) is 0 Å². The number of thioether (sulfide) groups is 1. The van der Waals surface area contributed by atoms with Crippen LogP contribution in [-0.2, 0) is 0 Å². The average molecular weight is 300 g/mol. The van der Waals surface area contributed by atoms with Gasteiger partial charge in [-0.3, -0.25) is 0 Å². The molecule has 0 saturated carbocycles. The summed E-state index contributed by atoms with van der Waals surface area (Å²) < 4.78 is 1.16. The number of nitrogens with one attached hydrogen (secondary N) is 1. The highest BCUT2D eigenvalue weighted by molar-refractivity contribution is 9.10. The van der Waals surface area contributed by atoms with E-state index in [1.807, 2.05) is 11.8 Å². The Morgan fingerprint density at radius 2 is 2.00 bits per heavy atom. The quantitative estimate of drug-likeness (QED) is 0.849. The molecule has 1 saturated heterocycles. The molecule has 1 aromatic carbocycles. The van der Waals surface area contributed by atoms with Crippen molar-refractivity contribution in [3.05, 3.63) is 28.7 Å². The first-order chi connectivity index (χ1) is 7.84. The molecule has 1 heterocycles. The molecule has 1 fully saturated rings. The predicted molar refractivity (Wildman–Crippen MR) is 75.1 cm³/mol. The molecule has 1 aromatic rings. The zero-order valence-electron chi connectivity index (χ0n) is 9.42. The summed E-state index contributed by atoms with van der Waals surface area (Å²) in [5.41, 5.74) is 0. The SMILES string of the molecule is Brc1ccc(SCC2CCCNCC2)cc1. The molecule has 0 spiro atoms. The van der Waals surface area contributed by atoms with E-state index in [0.717, 1.165) is 10.4 Å². The van der Waals surface area contributed by atoms with Gasteiger partial charge in [0, 0.05) is 15.1 Å². The maximum Gasteiger partial charge on any atom is 0.0176 e. The van der Waals surface area contributed by atoms with Crippen molar-refractivity contribution in [1.29, 1.82) is 0 Å². The number of hydrogen-bond acceptors (Lipinski definition) is 2. The lowest BCUT2D eigenvalue weighted by Crippen LogP contribution is -2.14. The Morgan fingerprint density at radius 3 is 2.81 bits per heavy atom. The molecule has 0 aliphatic carbocycles. The van der Waals surface area contributed by atoms with Crippen LogP contribution < -0.4 is 5.32 Å². The lowest BCUT2D eigenvalue weighted by molar-refractivity contribution is 0.528. The molecule has 3 heteroatoms. The van der Waals surface area contributed by atoms with Crippen molar-refractivity contribution in [2.75, 3.05) is 18.8 Å². The molecule has 0 radical (unpaired) electrons. The topological polar surface area (TPSA) is 12.0 Å². The normalized spacial score (nSPS) is 21.7. The number of benzene rings is 1. The van der Waals surface area contributed by atoms with E-state index in [0.29, 0.717) is 0 Å². The number of rotatable bonds is 3. The van der Waals surface area contributed by atoms with Crippen molar-refractivity contribution in [1.82, 2.24) is 5.32 Å². The molecule has 1 aliphatic rings. The van der Waals surface area contributed by atoms with Crippen molar-refractivity contribution in [3.8, 4) is 0 Å². The summed E-state index contributed by atoms with van der Waals surface area (Å²) in [6.45, 7) is 2.41. The van der Waals surface area contributed by atoms with E-state index in [1.54, 1.807) is 0 Å². The van der Waals surface area contributed by atoms with Gasteiger partial charge in [0.05, 0.1) is 0 Å². The van der Waals surface area contributed by atoms with Crippen molar-refractivity contribution < 1.29 is 0 Å². The van der Waals surface area contributed by atoms with Crippen LogP contribution in [0.15, 0.2) is 33.6 Å². The third kappa shape index (κ3) is 4.11. The lowest BCUT2D eigenvalue weighted by atomic mass is 10.0. The fourth-order valence-electron chi connectivity index (χ4n) is 2.00. The maximum atomic E-state index is 3.47. The van der Waals surface area contributed by atoms with Crippen molar-refractivity contribution in [2.24, 2.45) is 5.92 Å². The molecule has 1 aliphatic heterocycles. The summed E-state index contributed by atoms with van der Waals surface area (Å²) >= 11 is 5.46. The van der Waals surface area contributed by atoms with Crippen LogP contribution in [0.5, 0.6) is 0 Å². The summed E-state index contributed by atoms with van der Waals surface area (Å²) in [7, 11) is 0. The molecule has 16 heavy (non-hydrogen) atoms. The van der Waals surface area contributed by atoms with Gasteiger partial charge in [0.1, 0.15) is 0 Å². The van der Waals surface area contributed by atoms with Gasteiger partial charge in [-0.2, -0.15) is 0 Å². The highest BCUT2D eigenvalue weighted by Gasteiger charge is 2.11. The van der Waals surface area contributed by atoms with E-state index in [2.05, 4.69) is 45.5 Å². The van der Waals surface area contributed by atoms with Crippen LogP contribution in [0.2, 0.25) is 0 Å². The number of hydrogen-bond donors (Lipinski definition) is 1. The minimum atomic E-state index is 0.892. The molecule has 1 nitrogen and oxygen atoms in total. The molecular weight excluding hydrogens is 282 g/mol. The molecule has 1 unspecified atom stereocenters. The van der Waals surface area contributed by atoms with E-state index in [1.165, 1.54) is 43.0 Å². The zero-order valence-corrected chi connectivity index (χ0v) is 11.8. The average Bonchev–Trinajstić information content (AvgIpc) is 2.57. The van der Waals surface area contributed by atoms with Crippen molar-refractivity contribution in [2.45, 2.75) is 24.2 Å². The predicted octanol–water partition coefficient (Wildman–Crippen LogP) is 3.93. The van der Waals surface area contributed by atoms with Crippen LogP contribution in [0, 0.1) is 5.92 Å². The van der Waals surface area contributed by atoms with Gasteiger partial charge in [-0.25, -0.2) is 0 Å². The molecular formula is C13H18BrNS. The van der Waals surface area contributed by atoms with Gasteiger partial charge in [0.15, 0.2) is 0 Å². The largest absolute Gasteiger partial charge is 0.317 e. The van der Waals surface area contributed by atoms with Crippen molar-refractivity contribution >= 4 is 27.7 Å². The van der Waals surface area contributed by atoms with E-state index in [9.17, 15) is 0 Å². The molecule has 88 valence electrons. The standard InChI is InChI=1S/C13H18BrNS/c14-12-3-5-13(6-4-12)16-10-11-2-1-8-15-9-7-11/h3-6,11,15H,1-2,7-10H2.